The fraction of sp³-hybridized carbons (Fsp3) is 0.786. The molecule has 0 spiro atoms. The molecule has 3 rings (SSSR count). The molecule has 0 amide bonds. The summed E-state index contributed by atoms with van der Waals surface area (Å²) in [7, 11) is 0. The van der Waals surface area contributed by atoms with E-state index in [9.17, 15) is 0 Å². The minimum atomic E-state index is -3.09. The molecule has 0 N–H and O–H groups in total. The Hall–Kier alpha value is -1.12. The van der Waals surface area contributed by atoms with Crippen LogP contribution in [0.25, 0.3) is 0 Å². The van der Waals surface area contributed by atoms with Crippen molar-refractivity contribution >= 4 is 0 Å². The van der Waals surface area contributed by atoms with Crippen molar-refractivity contribution in [1.29, 1.82) is 0 Å². The first-order valence-corrected chi connectivity index (χ1v) is 12.9. The third-order valence-electron chi connectivity index (χ3n) is 8.09. The molecule has 1 atom stereocenters. The normalized spacial score (nSPS) is 34.6. The van der Waals surface area contributed by atoms with E-state index in [0.717, 1.165) is 49.5 Å². The molecule has 2 fully saturated rings. The number of allylic oxidation sites excluding steroid dienone is 5. The van der Waals surface area contributed by atoms with E-state index in [2.05, 4.69) is 26.8 Å². The molecule has 0 heterocycles. The highest BCUT2D eigenvalue weighted by Gasteiger charge is 2.45. The molecule has 1 unspecified atom stereocenters. The van der Waals surface area contributed by atoms with E-state index in [1.54, 1.807) is 6.08 Å². The SMILES string of the molecule is CCCCCC1(C)C=C(C)C=CC(OC(F)(F)C2CCC(C3CCC(C)CC3)CC2)=C1. The predicted octanol–water partition coefficient (Wildman–Crippen LogP) is 9.22. The lowest BCUT2D eigenvalue weighted by Crippen LogP contribution is -2.36. The van der Waals surface area contributed by atoms with Crippen LogP contribution in [-0.2, 0) is 4.74 Å². The molecular weight excluding hydrogens is 390 g/mol. The first-order chi connectivity index (χ1) is 14.7. The van der Waals surface area contributed by atoms with Crippen LogP contribution in [0.3, 0.4) is 0 Å². The minimum Gasteiger partial charge on any atom is -0.433 e. The summed E-state index contributed by atoms with van der Waals surface area (Å²) in [5, 5.41) is 0. The maximum atomic E-state index is 15.2. The van der Waals surface area contributed by atoms with Crippen molar-refractivity contribution in [1.82, 2.24) is 0 Å². The molecule has 2 saturated carbocycles. The summed E-state index contributed by atoms with van der Waals surface area (Å²) < 4.78 is 35.8. The van der Waals surface area contributed by atoms with Crippen LogP contribution in [0.2, 0.25) is 0 Å². The van der Waals surface area contributed by atoms with Gasteiger partial charge in [-0.25, -0.2) is 0 Å². The van der Waals surface area contributed by atoms with Gasteiger partial charge in [0.15, 0.2) is 0 Å². The Labute approximate surface area is 189 Å². The number of alkyl halides is 2. The lowest BCUT2D eigenvalue weighted by Gasteiger charge is -2.39. The highest BCUT2D eigenvalue weighted by molar-refractivity contribution is 5.33. The predicted molar refractivity (Wildman–Crippen MR) is 126 cm³/mol. The Morgan fingerprint density at radius 2 is 1.55 bits per heavy atom. The van der Waals surface area contributed by atoms with Gasteiger partial charge in [-0.1, -0.05) is 70.6 Å². The number of unbranched alkanes of at least 4 members (excludes halogenated alkanes) is 2. The maximum Gasteiger partial charge on any atom is 0.400 e. The molecule has 176 valence electrons. The third kappa shape index (κ3) is 6.93. The van der Waals surface area contributed by atoms with E-state index in [1.807, 2.05) is 19.1 Å². The van der Waals surface area contributed by atoms with Gasteiger partial charge in [-0.2, -0.15) is 8.78 Å². The maximum absolute atomic E-state index is 15.2. The van der Waals surface area contributed by atoms with Gasteiger partial charge in [-0.05, 0) is 81.8 Å². The second kappa shape index (κ2) is 10.7. The first-order valence-electron chi connectivity index (χ1n) is 12.9. The molecule has 0 radical (unpaired) electrons. The van der Waals surface area contributed by atoms with Gasteiger partial charge in [0.1, 0.15) is 5.76 Å². The number of hydrogen-bond donors (Lipinski definition) is 0. The molecule has 31 heavy (non-hydrogen) atoms. The molecular formula is C28H44F2O. The average Bonchev–Trinajstić information content (AvgIpc) is 2.86. The summed E-state index contributed by atoms with van der Waals surface area (Å²) in [6, 6.07) is 0. The second-order valence-electron chi connectivity index (χ2n) is 11.0. The molecule has 0 bridgehead atoms. The Morgan fingerprint density at radius 1 is 0.935 bits per heavy atom. The van der Waals surface area contributed by atoms with Crippen LogP contribution in [0, 0.1) is 29.1 Å². The first kappa shape index (κ1) is 24.5. The Bertz CT molecular complexity index is 660. The van der Waals surface area contributed by atoms with Crippen LogP contribution in [0.4, 0.5) is 8.78 Å². The standard InChI is InChI=1S/C28H44F2O/c1-5-6-7-18-27(4)19-22(3)10-17-26(20-27)31-28(29,30)25-15-13-24(14-16-25)23-11-8-21(2)9-12-23/h10,17,19-21,23-25H,5-9,11-16,18H2,1-4H3. The lowest BCUT2D eigenvalue weighted by atomic mass is 9.69. The van der Waals surface area contributed by atoms with Crippen LogP contribution < -0.4 is 0 Å². The van der Waals surface area contributed by atoms with Crippen molar-refractivity contribution in [2.75, 3.05) is 0 Å². The topological polar surface area (TPSA) is 9.23 Å². The second-order valence-corrected chi connectivity index (χ2v) is 11.0. The number of hydrogen-bond acceptors (Lipinski definition) is 1. The Balaban J connectivity index is 1.59. The fourth-order valence-corrected chi connectivity index (χ4v) is 6.08. The molecule has 0 aromatic rings. The zero-order valence-electron chi connectivity index (χ0n) is 20.3. The van der Waals surface area contributed by atoms with Gasteiger partial charge in [-0.3, -0.25) is 0 Å². The van der Waals surface area contributed by atoms with Crippen molar-refractivity contribution in [2.45, 2.75) is 111 Å². The van der Waals surface area contributed by atoms with Crippen LogP contribution in [-0.4, -0.2) is 6.11 Å². The minimum absolute atomic E-state index is 0.232. The van der Waals surface area contributed by atoms with Gasteiger partial charge in [0.05, 0.1) is 5.92 Å². The van der Waals surface area contributed by atoms with Gasteiger partial charge < -0.3 is 4.74 Å². The van der Waals surface area contributed by atoms with Crippen molar-refractivity contribution in [3.8, 4) is 0 Å². The molecule has 0 aromatic carbocycles. The van der Waals surface area contributed by atoms with E-state index in [4.69, 9.17) is 4.74 Å². The van der Waals surface area contributed by atoms with Crippen LogP contribution in [0.1, 0.15) is 105 Å². The number of ether oxygens (including phenoxy) is 1. The molecule has 3 aliphatic rings. The zero-order chi connectivity index (χ0) is 22.5. The van der Waals surface area contributed by atoms with Gasteiger partial charge >= 0.3 is 6.11 Å². The van der Waals surface area contributed by atoms with Gasteiger partial charge in [0, 0.05) is 5.41 Å². The van der Waals surface area contributed by atoms with Crippen molar-refractivity contribution in [3.63, 3.8) is 0 Å². The van der Waals surface area contributed by atoms with Crippen LogP contribution in [0.15, 0.2) is 35.6 Å². The van der Waals surface area contributed by atoms with Crippen LogP contribution >= 0.6 is 0 Å². The lowest BCUT2D eigenvalue weighted by molar-refractivity contribution is -0.254. The van der Waals surface area contributed by atoms with Crippen LogP contribution in [0.5, 0.6) is 0 Å². The van der Waals surface area contributed by atoms with Crippen molar-refractivity contribution in [3.05, 3.63) is 35.6 Å². The number of halogens is 2. The van der Waals surface area contributed by atoms with E-state index < -0.39 is 12.0 Å². The van der Waals surface area contributed by atoms with Crippen molar-refractivity contribution < 1.29 is 13.5 Å². The monoisotopic (exact) mass is 434 g/mol. The summed E-state index contributed by atoms with van der Waals surface area (Å²) in [6.45, 7) is 8.70. The molecule has 3 aliphatic carbocycles. The summed E-state index contributed by atoms with van der Waals surface area (Å²) in [4.78, 5) is 0. The highest BCUT2D eigenvalue weighted by Crippen LogP contribution is 2.46. The van der Waals surface area contributed by atoms with Gasteiger partial charge in [0.2, 0.25) is 0 Å². The summed E-state index contributed by atoms with van der Waals surface area (Å²) in [5.41, 5.74) is 0.878. The van der Waals surface area contributed by atoms with Gasteiger partial charge in [0.25, 0.3) is 0 Å². The Kier molecular flexibility index (Phi) is 8.44. The van der Waals surface area contributed by atoms with E-state index in [-0.39, 0.29) is 5.41 Å². The number of rotatable bonds is 8. The highest BCUT2D eigenvalue weighted by atomic mass is 19.3. The largest absolute Gasteiger partial charge is 0.433 e. The summed E-state index contributed by atoms with van der Waals surface area (Å²) >= 11 is 0. The smallest absolute Gasteiger partial charge is 0.400 e. The van der Waals surface area contributed by atoms with Gasteiger partial charge in [-0.15, -0.1) is 0 Å². The molecule has 3 heteroatoms. The summed E-state index contributed by atoms with van der Waals surface area (Å²) in [6.07, 6.45) is 17.3. The fourth-order valence-electron chi connectivity index (χ4n) is 6.08. The average molecular weight is 435 g/mol. The molecule has 1 nitrogen and oxygen atoms in total. The van der Waals surface area contributed by atoms with Crippen molar-refractivity contribution in [2.24, 2.45) is 29.1 Å². The van der Waals surface area contributed by atoms with E-state index >= 15 is 8.78 Å². The molecule has 0 saturated heterocycles. The summed E-state index contributed by atoms with van der Waals surface area (Å²) in [5.74, 6) is 1.92. The Morgan fingerprint density at radius 3 is 2.16 bits per heavy atom. The zero-order valence-corrected chi connectivity index (χ0v) is 20.3. The van der Waals surface area contributed by atoms with E-state index in [0.29, 0.717) is 24.5 Å². The quantitative estimate of drug-likeness (QED) is 0.346. The molecule has 0 aromatic heterocycles. The third-order valence-corrected chi connectivity index (χ3v) is 8.09. The molecule has 0 aliphatic heterocycles. The van der Waals surface area contributed by atoms with E-state index in [1.165, 1.54) is 32.1 Å².